The smallest absolute Gasteiger partial charge is 0.410 e. The third-order valence-corrected chi connectivity index (χ3v) is 4.10. The van der Waals surface area contributed by atoms with E-state index in [1.54, 1.807) is 0 Å². The molecule has 1 aliphatic rings. The van der Waals surface area contributed by atoms with Crippen molar-refractivity contribution in [1.29, 1.82) is 0 Å². The van der Waals surface area contributed by atoms with Crippen molar-refractivity contribution in [2.45, 2.75) is 25.5 Å². The number of ether oxygens (including phenoxy) is 4. The minimum absolute atomic E-state index is 0.0554. The monoisotopic (exact) mass is 388 g/mol. The number of aromatic nitrogens is 3. The molecule has 1 aromatic heterocycles. The fourth-order valence-corrected chi connectivity index (χ4v) is 2.74. The predicted octanol–water partition coefficient (Wildman–Crippen LogP) is 1.60. The van der Waals surface area contributed by atoms with Crippen molar-refractivity contribution < 1.29 is 28.5 Å². The Balaban J connectivity index is 1.63. The van der Waals surface area contributed by atoms with E-state index in [0.717, 1.165) is 5.56 Å². The lowest BCUT2D eigenvalue weighted by Crippen LogP contribution is -2.42. The SMILES string of the molecule is COc1nc(OC)nc(OC(=O)[C@@H]2CCCN2C(=O)OCc2ccccc2)n1. The first-order valence-corrected chi connectivity index (χ1v) is 8.63. The molecule has 148 valence electrons. The molecule has 2 aromatic rings. The first-order chi connectivity index (χ1) is 13.6. The lowest BCUT2D eigenvalue weighted by Gasteiger charge is -2.22. The van der Waals surface area contributed by atoms with Crippen LogP contribution >= 0.6 is 0 Å². The average Bonchev–Trinajstić information content (AvgIpc) is 3.22. The van der Waals surface area contributed by atoms with Crippen LogP contribution in [-0.2, 0) is 16.1 Å². The molecular formula is C18H20N4O6. The highest BCUT2D eigenvalue weighted by atomic mass is 16.6. The number of rotatable bonds is 6. The number of esters is 1. The van der Waals surface area contributed by atoms with Crippen molar-refractivity contribution in [3.8, 4) is 18.0 Å². The summed E-state index contributed by atoms with van der Waals surface area (Å²) < 4.78 is 20.4. The number of amides is 1. The van der Waals surface area contributed by atoms with Gasteiger partial charge in [-0.25, -0.2) is 9.59 Å². The van der Waals surface area contributed by atoms with Gasteiger partial charge in [0.1, 0.15) is 12.6 Å². The molecule has 1 fully saturated rings. The molecule has 0 saturated carbocycles. The third kappa shape index (κ3) is 4.64. The van der Waals surface area contributed by atoms with Crippen LogP contribution in [0.25, 0.3) is 0 Å². The molecule has 0 aliphatic carbocycles. The van der Waals surface area contributed by atoms with Crippen LogP contribution in [0.4, 0.5) is 4.79 Å². The Bertz CT molecular complexity index is 810. The largest absolute Gasteiger partial charge is 0.467 e. The van der Waals surface area contributed by atoms with Gasteiger partial charge in [0.05, 0.1) is 14.2 Å². The topological polar surface area (TPSA) is 113 Å². The Hall–Kier alpha value is -3.43. The second kappa shape index (κ2) is 8.98. The van der Waals surface area contributed by atoms with Gasteiger partial charge in [0, 0.05) is 6.54 Å². The summed E-state index contributed by atoms with van der Waals surface area (Å²) in [6.45, 7) is 0.525. The lowest BCUT2D eigenvalue weighted by molar-refractivity contribution is -0.139. The third-order valence-electron chi connectivity index (χ3n) is 4.10. The summed E-state index contributed by atoms with van der Waals surface area (Å²) in [6, 6.07) is 8.14. The molecule has 1 aromatic carbocycles. The van der Waals surface area contributed by atoms with E-state index in [-0.39, 0.29) is 24.6 Å². The van der Waals surface area contributed by atoms with Crippen LogP contribution in [0.1, 0.15) is 18.4 Å². The number of hydrogen-bond acceptors (Lipinski definition) is 9. The Morgan fingerprint density at radius 2 is 1.68 bits per heavy atom. The van der Waals surface area contributed by atoms with Crippen LogP contribution in [0, 0.1) is 0 Å². The van der Waals surface area contributed by atoms with Gasteiger partial charge in [0.25, 0.3) is 0 Å². The Morgan fingerprint density at radius 3 is 2.32 bits per heavy atom. The first-order valence-electron chi connectivity index (χ1n) is 8.63. The van der Waals surface area contributed by atoms with Crippen molar-refractivity contribution >= 4 is 12.1 Å². The van der Waals surface area contributed by atoms with Crippen LogP contribution in [0.3, 0.4) is 0 Å². The van der Waals surface area contributed by atoms with Gasteiger partial charge in [-0.05, 0) is 18.4 Å². The molecule has 10 nitrogen and oxygen atoms in total. The molecule has 0 bridgehead atoms. The van der Waals surface area contributed by atoms with Crippen LogP contribution in [0.15, 0.2) is 30.3 Å². The van der Waals surface area contributed by atoms with Crippen molar-refractivity contribution in [3.05, 3.63) is 35.9 Å². The van der Waals surface area contributed by atoms with Crippen molar-refractivity contribution in [2.75, 3.05) is 20.8 Å². The minimum atomic E-state index is -0.781. The van der Waals surface area contributed by atoms with Gasteiger partial charge in [0.15, 0.2) is 0 Å². The molecule has 3 rings (SSSR count). The zero-order valence-corrected chi connectivity index (χ0v) is 15.5. The highest BCUT2D eigenvalue weighted by Crippen LogP contribution is 2.22. The molecule has 28 heavy (non-hydrogen) atoms. The number of carbonyl (C=O) groups excluding carboxylic acids is 2. The van der Waals surface area contributed by atoms with E-state index < -0.39 is 18.1 Å². The van der Waals surface area contributed by atoms with Crippen LogP contribution in [0.5, 0.6) is 18.0 Å². The molecule has 0 N–H and O–H groups in total. The van der Waals surface area contributed by atoms with E-state index in [4.69, 9.17) is 18.9 Å². The van der Waals surface area contributed by atoms with Gasteiger partial charge in [-0.3, -0.25) is 4.90 Å². The number of nitrogens with zero attached hydrogens (tertiary/aromatic N) is 4. The van der Waals surface area contributed by atoms with E-state index in [9.17, 15) is 9.59 Å². The second-order valence-electron chi connectivity index (χ2n) is 5.90. The van der Waals surface area contributed by atoms with Crippen LogP contribution in [-0.4, -0.2) is 58.7 Å². The summed E-state index contributed by atoms with van der Waals surface area (Å²) in [4.78, 5) is 37.8. The number of likely N-dealkylation sites (tertiary alicyclic amines) is 1. The lowest BCUT2D eigenvalue weighted by atomic mass is 10.2. The van der Waals surface area contributed by atoms with Crippen LogP contribution in [0.2, 0.25) is 0 Å². The maximum atomic E-state index is 12.5. The van der Waals surface area contributed by atoms with Crippen molar-refractivity contribution in [3.63, 3.8) is 0 Å². The number of methoxy groups -OCH3 is 2. The molecule has 0 unspecified atom stereocenters. The fourth-order valence-electron chi connectivity index (χ4n) is 2.74. The Morgan fingerprint density at radius 1 is 1.04 bits per heavy atom. The molecular weight excluding hydrogens is 368 g/mol. The number of hydrogen-bond donors (Lipinski definition) is 0. The minimum Gasteiger partial charge on any atom is -0.467 e. The zero-order chi connectivity index (χ0) is 19.9. The Kier molecular flexibility index (Phi) is 6.20. The fraction of sp³-hybridized carbons (Fsp3) is 0.389. The van der Waals surface area contributed by atoms with E-state index in [1.807, 2.05) is 30.3 Å². The van der Waals surface area contributed by atoms with Gasteiger partial charge < -0.3 is 18.9 Å². The number of benzene rings is 1. The van der Waals surface area contributed by atoms with E-state index >= 15 is 0 Å². The molecule has 1 atom stereocenters. The molecule has 0 spiro atoms. The predicted molar refractivity (Wildman–Crippen MR) is 94.9 cm³/mol. The van der Waals surface area contributed by atoms with E-state index in [1.165, 1.54) is 19.1 Å². The normalized spacial score (nSPS) is 15.8. The molecule has 1 saturated heterocycles. The summed E-state index contributed by atoms with van der Waals surface area (Å²) in [5, 5.41) is 0. The summed E-state index contributed by atoms with van der Waals surface area (Å²) >= 11 is 0. The molecule has 0 radical (unpaired) electrons. The molecule has 1 aliphatic heterocycles. The standard InChI is InChI=1S/C18H20N4O6/c1-25-15-19-16(26-2)21-17(20-15)28-14(23)13-9-6-10-22(13)18(24)27-11-12-7-4-3-5-8-12/h3-5,7-8,13H,6,9-11H2,1-2H3/t13-/m0/s1. The highest BCUT2D eigenvalue weighted by Gasteiger charge is 2.37. The maximum absolute atomic E-state index is 12.5. The average molecular weight is 388 g/mol. The summed E-state index contributed by atoms with van der Waals surface area (Å²) in [5.74, 6) is -0.663. The maximum Gasteiger partial charge on any atom is 0.410 e. The summed E-state index contributed by atoms with van der Waals surface area (Å²) in [6.07, 6.45) is 0.539. The second-order valence-corrected chi connectivity index (χ2v) is 5.90. The van der Waals surface area contributed by atoms with Gasteiger partial charge in [-0.15, -0.1) is 15.0 Å². The quantitative estimate of drug-likeness (QED) is 0.681. The zero-order valence-electron chi connectivity index (χ0n) is 15.5. The first kappa shape index (κ1) is 19.3. The Labute approximate surface area is 161 Å². The molecule has 10 heteroatoms. The number of carbonyl (C=O) groups is 2. The van der Waals surface area contributed by atoms with E-state index in [2.05, 4.69) is 15.0 Å². The van der Waals surface area contributed by atoms with Gasteiger partial charge in [0.2, 0.25) is 0 Å². The van der Waals surface area contributed by atoms with Crippen molar-refractivity contribution in [1.82, 2.24) is 19.9 Å². The van der Waals surface area contributed by atoms with E-state index in [0.29, 0.717) is 19.4 Å². The summed E-state index contributed by atoms with van der Waals surface area (Å²) in [5.41, 5.74) is 0.860. The van der Waals surface area contributed by atoms with Crippen LogP contribution < -0.4 is 14.2 Å². The highest BCUT2D eigenvalue weighted by molar-refractivity contribution is 5.83. The van der Waals surface area contributed by atoms with Gasteiger partial charge in [-0.1, -0.05) is 30.3 Å². The molecule has 1 amide bonds. The molecule has 2 heterocycles. The van der Waals surface area contributed by atoms with Gasteiger partial charge in [-0.2, -0.15) is 0 Å². The van der Waals surface area contributed by atoms with Gasteiger partial charge >= 0.3 is 30.1 Å². The van der Waals surface area contributed by atoms with Crippen molar-refractivity contribution in [2.24, 2.45) is 0 Å². The summed E-state index contributed by atoms with van der Waals surface area (Å²) in [7, 11) is 2.73.